The minimum absolute atomic E-state index is 0.0198. The van der Waals surface area contributed by atoms with E-state index in [-0.39, 0.29) is 5.92 Å². The molecule has 1 aromatic carbocycles. The minimum Gasteiger partial charge on any atom is -0.384 e. The van der Waals surface area contributed by atoms with Crippen LogP contribution in [-0.2, 0) is 9.53 Å². The Balaban J connectivity index is 2.34. The molecule has 0 bridgehead atoms. The molecule has 1 fully saturated rings. The van der Waals surface area contributed by atoms with Crippen LogP contribution < -0.4 is 0 Å². The predicted octanol–water partition coefficient (Wildman–Crippen LogP) is 5.51. The Kier molecular flexibility index (Phi) is 8.82. The summed E-state index contributed by atoms with van der Waals surface area (Å²) in [5.74, 6) is 1.67. The van der Waals surface area contributed by atoms with E-state index in [1.54, 1.807) is 7.11 Å². The highest BCUT2D eigenvalue weighted by molar-refractivity contribution is 5.84. The first kappa shape index (κ1) is 21.9. The van der Waals surface area contributed by atoms with Crippen LogP contribution in [0.3, 0.4) is 0 Å². The van der Waals surface area contributed by atoms with Crippen molar-refractivity contribution < 1.29 is 9.53 Å². The Morgan fingerprint density at radius 1 is 1.15 bits per heavy atom. The van der Waals surface area contributed by atoms with Gasteiger partial charge in [-0.1, -0.05) is 70.9 Å². The number of carbonyl (C=O) groups excluding carboxylic acids is 1. The lowest BCUT2D eigenvalue weighted by Gasteiger charge is -2.35. The summed E-state index contributed by atoms with van der Waals surface area (Å²) in [6.45, 7) is 10.5. The van der Waals surface area contributed by atoms with Crippen molar-refractivity contribution >= 4 is 5.91 Å². The molecule has 152 valence electrons. The summed E-state index contributed by atoms with van der Waals surface area (Å²) in [5.41, 5.74) is 1.19. The maximum absolute atomic E-state index is 13.9. The van der Waals surface area contributed by atoms with Gasteiger partial charge in [-0.25, -0.2) is 0 Å². The van der Waals surface area contributed by atoms with E-state index < -0.39 is 0 Å². The number of hydrogen-bond acceptors (Lipinski definition) is 2. The zero-order valence-corrected chi connectivity index (χ0v) is 18.0. The molecule has 3 heteroatoms. The van der Waals surface area contributed by atoms with Crippen LogP contribution in [0.2, 0.25) is 0 Å². The summed E-state index contributed by atoms with van der Waals surface area (Å²) in [7, 11) is 1.76. The number of carbonyl (C=O) groups is 1. The van der Waals surface area contributed by atoms with Crippen molar-refractivity contribution in [3.05, 3.63) is 35.9 Å². The van der Waals surface area contributed by atoms with Crippen molar-refractivity contribution in [1.82, 2.24) is 4.90 Å². The summed E-state index contributed by atoms with van der Waals surface area (Å²) < 4.78 is 5.41. The molecule has 27 heavy (non-hydrogen) atoms. The van der Waals surface area contributed by atoms with E-state index in [1.807, 2.05) is 6.07 Å². The summed E-state index contributed by atoms with van der Waals surface area (Å²) in [4.78, 5) is 16.1. The topological polar surface area (TPSA) is 29.5 Å². The van der Waals surface area contributed by atoms with Crippen molar-refractivity contribution in [1.29, 1.82) is 0 Å². The molecular weight excluding hydrogens is 334 g/mol. The van der Waals surface area contributed by atoms with E-state index in [1.165, 1.54) is 5.56 Å². The third-order valence-electron chi connectivity index (χ3n) is 6.10. The Bertz CT molecular complexity index is 551. The molecule has 1 saturated heterocycles. The van der Waals surface area contributed by atoms with Crippen molar-refractivity contribution in [3.8, 4) is 0 Å². The fourth-order valence-corrected chi connectivity index (χ4v) is 4.87. The SMILES string of the molecule is CCCC(CCC)C(C(=O)N1CC(COC)C[C@H]1C(C)C)c1ccccc1. The number of rotatable bonds is 10. The van der Waals surface area contributed by atoms with Gasteiger partial charge in [-0.05, 0) is 36.7 Å². The fourth-order valence-electron chi connectivity index (χ4n) is 4.87. The predicted molar refractivity (Wildman–Crippen MR) is 113 cm³/mol. The Morgan fingerprint density at radius 3 is 2.30 bits per heavy atom. The Morgan fingerprint density at radius 2 is 1.78 bits per heavy atom. The van der Waals surface area contributed by atoms with Crippen molar-refractivity contribution in [3.63, 3.8) is 0 Å². The highest BCUT2D eigenvalue weighted by Gasteiger charge is 2.41. The molecule has 0 radical (unpaired) electrons. The lowest BCUT2D eigenvalue weighted by molar-refractivity contribution is -0.136. The molecule has 1 aliphatic heterocycles. The third kappa shape index (κ3) is 5.57. The molecule has 0 N–H and O–H groups in total. The molecule has 3 atom stereocenters. The minimum atomic E-state index is -0.0198. The second-order valence-corrected chi connectivity index (χ2v) is 8.58. The fraction of sp³-hybridized carbons (Fsp3) is 0.708. The van der Waals surface area contributed by atoms with Crippen molar-refractivity contribution in [2.45, 2.75) is 71.8 Å². The normalized spacial score (nSPS) is 21.2. The second-order valence-electron chi connectivity index (χ2n) is 8.58. The lowest BCUT2D eigenvalue weighted by Crippen LogP contribution is -2.43. The lowest BCUT2D eigenvalue weighted by atomic mass is 9.79. The van der Waals surface area contributed by atoms with Crippen LogP contribution >= 0.6 is 0 Å². The van der Waals surface area contributed by atoms with E-state index >= 15 is 0 Å². The smallest absolute Gasteiger partial charge is 0.230 e. The van der Waals surface area contributed by atoms with Crippen LogP contribution in [0.15, 0.2) is 30.3 Å². The number of ether oxygens (including phenoxy) is 1. The average Bonchev–Trinajstić information content (AvgIpc) is 3.08. The van der Waals surface area contributed by atoms with E-state index in [2.05, 4.69) is 56.9 Å². The summed E-state index contributed by atoms with van der Waals surface area (Å²) in [5, 5.41) is 0. The average molecular weight is 374 g/mol. The van der Waals surface area contributed by atoms with Crippen LogP contribution in [-0.4, -0.2) is 37.1 Å². The van der Waals surface area contributed by atoms with Gasteiger partial charge >= 0.3 is 0 Å². The second kappa shape index (κ2) is 10.8. The highest BCUT2D eigenvalue weighted by Crippen LogP contribution is 2.37. The van der Waals surface area contributed by atoms with Crippen LogP contribution in [0, 0.1) is 17.8 Å². The molecule has 0 saturated carbocycles. The zero-order valence-electron chi connectivity index (χ0n) is 18.0. The van der Waals surface area contributed by atoms with Gasteiger partial charge < -0.3 is 9.64 Å². The van der Waals surface area contributed by atoms with E-state index in [0.29, 0.717) is 29.7 Å². The molecule has 1 aromatic rings. The van der Waals surface area contributed by atoms with Crippen molar-refractivity contribution in [2.24, 2.45) is 17.8 Å². The van der Waals surface area contributed by atoms with Gasteiger partial charge in [-0.3, -0.25) is 4.79 Å². The van der Waals surface area contributed by atoms with Crippen LogP contribution in [0.4, 0.5) is 0 Å². The van der Waals surface area contributed by atoms with Gasteiger partial charge in [0.2, 0.25) is 5.91 Å². The molecule has 0 spiro atoms. The van der Waals surface area contributed by atoms with Crippen molar-refractivity contribution in [2.75, 3.05) is 20.3 Å². The van der Waals surface area contributed by atoms with Gasteiger partial charge in [0.1, 0.15) is 0 Å². The summed E-state index contributed by atoms with van der Waals surface area (Å²) in [6, 6.07) is 10.8. The number of amides is 1. The number of nitrogens with zero attached hydrogens (tertiary/aromatic N) is 1. The van der Waals surface area contributed by atoms with E-state index in [9.17, 15) is 4.79 Å². The molecule has 3 nitrogen and oxygen atoms in total. The van der Waals surface area contributed by atoms with Crippen LogP contribution in [0.25, 0.3) is 0 Å². The van der Waals surface area contributed by atoms with Gasteiger partial charge in [0.05, 0.1) is 12.5 Å². The van der Waals surface area contributed by atoms with Gasteiger partial charge in [0.25, 0.3) is 0 Å². The largest absolute Gasteiger partial charge is 0.384 e. The molecule has 2 unspecified atom stereocenters. The molecule has 2 rings (SSSR count). The molecule has 1 aliphatic rings. The molecular formula is C24H39NO2. The number of likely N-dealkylation sites (tertiary alicyclic amines) is 1. The van der Waals surface area contributed by atoms with Gasteiger partial charge in [0.15, 0.2) is 0 Å². The maximum Gasteiger partial charge on any atom is 0.230 e. The van der Waals surface area contributed by atoms with Crippen LogP contribution in [0.5, 0.6) is 0 Å². The Hall–Kier alpha value is -1.35. The molecule has 0 aromatic heterocycles. The number of benzene rings is 1. The molecule has 1 amide bonds. The zero-order chi connectivity index (χ0) is 19.8. The Labute approximate surface area is 166 Å². The van der Waals surface area contributed by atoms with E-state index in [0.717, 1.165) is 45.3 Å². The van der Waals surface area contributed by atoms with E-state index in [4.69, 9.17) is 4.74 Å². The number of hydrogen-bond donors (Lipinski definition) is 0. The van der Waals surface area contributed by atoms with Gasteiger partial charge in [-0.2, -0.15) is 0 Å². The quantitative estimate of drug-likeness (QED) is 0.541. The monoisotopic (exact) mass is 373 g/mol. The maximum atomic E-state index is 13.9. The van der Waals surface area contributed by atoms with Crippen LogP contribution in [0.1, 0.15) is 71.3 Å². The standard InChI is InChI=1S/C24H39NO2/c1-6-11-20(12-7-2)23(21-13-9-8-10-14-21)24(26)25-16-19(17-27-5)15-22(25)18(3)4/h8-10,13-14,18-20,22-23H,6-7,11-12,15-17H2,1-5H3/t19?,22-,23?/m0/s1. The summed E-state index contributed by atoms with van der Waals surface area (Å²) >= 11 is 0. The number of methoxy groups -OCH3 is 1. The summed E-state index contributed by atoms with van der Waals surface area (Å²) in [6.07, 6.45) is 5.54. The van der Waals surface area contributed by atoms with Gasteiger partial charge in [-0.15, -0.1) is 0 Å². The molecule has 0 aliphatic carbocycles. The first-order valence-corrected chi connectivity index (χ1v) is 10.9. The first-order chi connectivity index (χ1) is 13.0. The highest BCUT2D eigenvalue weighted by atomic mass is 16.5. The molecule has 1 heterocycles. The third-order valence-corrected chi connectivity index (χ3v) is 6.10. The van der Waals surface area contributed by atoms with Gasteiger partial charge in [0, 0.05) is 25.6 Å². The first-order valence-electron chi connectivity index (χ1n) is 10.9.